The van der Waals surface area contributed by atoms with E-state index in [1.54, 1.807) is 6.07 Å². The van der Waals surface area contributed by atoms with Crippen molar-refractivity contribution in [2.45, 2.75) is 18.0 Å². The number of benzene rings is 1. The molecule has 1 amide bonds. The summed E-state index contributed by atoms with van der Waals surface area (Å²) in [5.74, 6) is -0.0952. The molecule has 0 unspecified atom stereocenters. The van der Waals surface area contributed by atoms with Gasteiger partial charge < -0.3 is 5.32 Å². The fourth-order valence-electron chi connectivity index (χ4n) is 2.28. The van der Waals surface area contributed by atoms with Crippen LogP contribution in [0, 0.1) is 0 Å². The Balaban J connectivity index is 2.20. The Morgan fingerprint density at radius 3 is 2.93 bits per heavy atom. The minimum absolute atomic E-state index is 0.0952. The van der Waals surface area contributed by atoms with Gasteiger partial charge in [0.1, 0.15) is 6.17 Å². The zero-order chi connectivity index (χ0) is 10.6. The highest BCUT2D eigenvalue weighted by Crippen LogP contribution is 2.53. The molecule has 0 saturated heterocycles. The van der Waals surface area contributed by atoms with Crippen molar-refractivity contribution in [1.82, 2.24) is 5.32 Å². The maximum atomic E-state index is 13.4. The molecule has 0 aromatic heterocycles. The van der Waals surface area contributed by atoms with Gasteiger partial charge in [-0.05, 0) is 30.2 Å². The van der Waals surface area contributed by atoms with Crippen LogP contribution in [0.5, 0.6) is 0 Å². The molecule has 2 aliphatic rings. The second-order valence-corrected chi connectivity index (χ2v) is 5.12. The minimum Gasteiger partial charge on any atom is -0.351 e. The van der Waals surface area contributed by atoms with Crippen molar-refractivity contribution in [3.8, 4) is 0 Å². The maximum absolute atomic E-state index is 13.4. The number of fused-ring (bicyclic) bond motifs is 2. The number of halogens is 2. The monoisotopic (exact) mass is 269 g/mol. The topological polar surface area (TPSA) is 29.1 Å². The van der Waals surface area contributed by atoms with E-state index < -0.39 is 11.6 Å². The number of nitrogens with one attached hydrogen (secondary N) is 1. The first-order valence-corrected chi connectivity index (χ1v) is 5.65. The predicted molar refractivity (Wildman–Crippen MR) is 57.7 cm³/mol. The van der Waals surface area contributed by atoms with Gasteiger partial charge in [0.15, 0.2) is 0 Å². The molecule has 1 spiro atoms. The van der Waals surface area contributed by atoms with Gasteiger partial charge in [-0.25, -0.2) is 4.39 Å². The van der Waals surface area contributed by atoms with Crippen LogP contribution in [-0.2, 0) is 5.41 Å². The molecule has 3 rings (SSSR count). The molecule has 2 nitrogen and oxygen atoms in total. The Morgan fingerprint density at radius 1 is 1.53 bits per heavy atom. The fraction of sp³-hybridized carbons (Fsp3) is 0.364. The third-order valence-electron chi connectivity index (χ3n) is 3.31. The van der Waals surface area contributed by atoms with Gasteiger partial charge in [-0.15, -0.1) is 0 Å². The van der Waals surface area contributed by atoms with Crippen molar-refractivity contribution in [3.63, 3.8) is 0 Å². The fourth-order valence-corrected chi connectivity index (χ4v) is 2.64. The lowest BCUT2D eigenvalue weighted by molar-refractivity contribution is 0.0935. The molecule has 0 radical (unpaired) electrons. The predicted octanol–water partition coefficient (Wildman–Crippen LogP) is 2.17. The molecular formula is C11H9BrFNO. The lowest BCUT2D eigenvalue weighted by Gasteiger charge is -2.25. The van der Waals surface area contributed by atoms with E-state index in [-0.39, 0.29) is 5.91 Å². The Hall–Kier alpha value is -0.900. The first-order chi connectivity index (χ1) is 7.13. The van der Waals surface area contributed by atoms with Crippen molar-refractivity contribution in [1.29, 1.82) is 0 Å². The Kier molecular flexibility index (Phi) is 1.75. The average molecular weight is 270 g/mol. The summed E-state index contributed by atoms with van der Waals surface area (Å²) in [6.07, 6.45) is -0.289. The van der Waals surface area contributed by atoms with Gasteiger partial charge in [-0.2, -0.15) is 0 Å². The molecule has 1 aliphatic heterocycles. The van der Waals surface area contributed by atoms with Crippen molar-refractivity contribution in [2.75, 3.05) is 6.54 Å². The minimum atomic E-state index is -0.814. The summed E-state index contributed by atoms with van der Waals surface area (Å²) in [5, 5.41) is 2.75. The molecule has 15 heavy (non-hydrogen) atoms. The third kappa shape index (κ3) is 1.17. The number of alkyl halides is 1. The molecule has 0 bridgehead atoms. The van der Waals surface area contributed by atoms with Gasteiger partial charge >= 0.3 is 0 Å². The molecule has 1 aromatic carbocycles. The van der Waals surface area contributed by atoms with Crippen molar-refractivity contribution in [3.05, 3.63) is 33.8 Å². The first kappa shape index (κ1) is 9.33. The van der Waals surface area contributed by atoms with Crippen LogP contribution in [-0.4, -0.2) is 18.6 Å². The van der Waals surface area contributed by atoms with Crippen molar-refractivity contribution >= 4 is 21.8 Å². The van der Waals surface area contributed by atoms with Crippen LogP contribution in [0.4, 0.5) is 4.39 Å². The SMILES string of the molecule is O=C1NC[C@@]2(C[C@@H]2F)c2cc(Br)ccc21. The lowest BCUT2D eigenvalue weighted by Crippen LogP contribution is -2.40. The van der Waals surface area contributed by atoms with E-state index in [1.165, 1.54) is 0 Å². The zero-order valence-corrected chi connectivity index (χ0v) is 9.47. The zero-order valence-electron chi connectivity index (χ0n) is 7.89. The number of hydrogen-bond donors (Lipinski definition) is 1. The number of rotatable bonds is 0. The second kappa shape index (κ2) is 2.82. The van der Waals surface area contributed by atoms with E-state index in [0.29, 0.717) is 18.5 Å². The van der Waals surface area contributed by atoms with E-state index in [2.05, 4.69) is 21.2 Å². The van der Waals surface area contributed by atoms with Gasteiger partial charge in [0.25, 0.3) is 5.91 Å². The molecule has 1 N–H and O–H groups in total. The smallest absolute Gasteiger partial charge is 0.251 e. The largest absolute Gasteiger partial charge is 0.351 e. The van der Waals surface area contributed by atoms with Crippen LogP contribution in [0.1, 0.15) is 22.3 Å². The van der Waals surface area contributed by atoms with Gasteiger partial charge in [0.2, 0.25) is 0 Å². The summed E-state index contributed by atoms with van der Waals surface area (Å²) in [4.78, 5) is 11.6. The van der Waals surface area contributed by atoms with Crippen LogP contribution in [0.2, 0.25) is 0 Å². The van der Waals surface area contributed by atoms with E-state index >= 15 is 0 Å². The average Bonchev–Trinajstić information content (AvgIpc) is 2.85. The summed E-state index contributed by atoms with van der Waals surface area (Å²) < 4.78 is 14.3. The van der Waals surface area contributed by atoms with Crippen LogP contribution >= 0.6 is 15.9 Å². The van der Waals surface area contributed by atoms with Gasteiger partial charge in [-0.3, -0.25) is 4.79 Å². The van der Waals surface area contributed by atoms with E-state index in [9.17, 15) is 9.18 Å². The first-order valence-electron chi connectivity index (χ1n) is 4.86. The molecule has 1 heterocycles. The Labute approximate surface area is 95.0 Å². The summed E-state index contributed by atoms with van der Waals surface area (Å²) >= 11 is 3.36. The van der Waals surface area contributed by atoms with E-state index in [1.807, 2.05) is 12.1 Å². The summed E-state index contributed by atoms with van der Waals surface area (Å²) in [7, 11) is 0. The highest BCUT2D eigenvalue weighted by atomic mass is 79.9. The van der Waals surface area contributed by atoms with Crippen molar-refractivity contribution < 1.29 is 9.18 Å². The van der Waals surface area contributed by atoms with Gasteiger partial charge in [-0.1, -0.05) is 15.9 Å². The maximum Gasteiger partial charge on any atom is 0.251 e. The Morgan fingerprint density at radius 2 is 2.27 bits per heavy atom. The molecule has 1 saturated carbocycles. The molecular weight excluding hydrogens is 261 g/mol. The molecule has 78 valence electrons. The lowest BCUT2D eigenvalue weighted by atomic mass is 9.87. The number of amides is 1. The number of carbonyl (C=O) groups excluding carboxylic acids is 1. The third-order valence-corrected chi connectivity index (χ3v) is 3.80. The quantitative estimate of drug-likeness (QED) is 0.769. The van der Waals surface area contributed by atoms with Crippen LogP contribution in [0.15, 0.2) is 22.7 Å². The summed E-state index contributed by atoms with van der Waals surface area (Å²) in [6, 6.07) is 5.43. The highest BCUT2D eigenvalue weighted by Gasteiger charge is 2.59. The second-order valence-electron chi connectivity index (χ2n) is 4.20. The normalized spacial score (nSPS) is 32.4. The summed E-state index contributed by atoms with van der Waals surface area (Å²) in [6.45, 7) is 0.427. The Bertz CT molecular complexity index is 462. The van der Waals surface area contributed by atoms with Crippen LogP contribution < -0.4 is 5.32 Å². The highest BCUT2D eigenvalue weighted by molar-refractivity contribution is 9.10. The van der Waals surface area contributed by atoms with Crippen molar-refractivity contribution in [2.24, 2.45) is 0 Å². The number of hydrogen-bond acceptors (Lipinski definition) is 1. The molecule has 1 aromatic rings. The molecule has 1 aliphatic carbocycles. The number of carbonyl (C=O) groups is 1. The van der Waals surface area contributed by atoms with Crippen LogP contribution in [0.25, 0.3) is 0 Å². The standard InChI is InChI=1S/C11H9BrFNO/c12-6-1-2-7-8(3-6)11(4-9(11)13)5-14-10(7)15/h1-3,9H,4-5H2,(H,14,15)/t9-,11-/m0/s1. The molecule has 2 atom stereocenters. The molecule has 4 heteroatoms. The van der Waals surface area contributed by atoms with E-state index in [4.69, 9.17) is 0 Å². The van der Waals surface area contributed by atoms with Crippen LogP contribution in [0.3, 0.4) is 0 Å². The van der Waals surface area contributed by atoms with Gasteiger partial charge in [0, 0.05) is 22.0 Å². The van der Waals surface area contributed by atoms with E-state index in [0.717, 1.165) is 10.0 Å². The summed E-state index contributed by atoms with van der Waals surface area (Å²) in [5.41, 5.74) is 1.03. The van der Waals surface area contributed by atoms with Gasteiger partial charge in [0.05, 0.1) is 0 Å². The molecule has 1 fully saturated rings.